The maximum Gasteiger partial charge on any atom is -0.0134 e. The van der Waals surface area contributed by atoms with E-state index in [1.165, 1.54) is 18.4 Å². The van der Waals surface area contributed by atoms with Crippen LogP contribution in [0.25, 0.3) is 0 Å². The van der Waals surface area contributed by atoms with Crippen molar-refractivity contribution in [3.63, 3.8) is 0 Å². The second-order valence-corrected chi connectivity index (χ2v) is 5.00. The van der Waals surface area contributed by atoms with Crippen molar-refractivity contribution < 1.29 is 0 Å². The van der Waals surface area contributed by atoms with Gasteiger partial charge in [-0.1, -0.05) is 37.6 Å². The van der Waals surface area contributed by atoms with Crippen molar-refractivity contribution >= 4 is 0 Å². The van der Waals surface area contributed by atoms with E-state index in [-0.39, 0.29) is 0 Å². The summed E-state index contributed by atoms with van der Waals surface area (Å²) in [5, 5.41) is 0. The highest BCUT2D eigenvalue weighted by Gasteiger charge is 2.35. The molecule has 0 spiro atoms. The van der Waals surface area contributed by atoms with Crippen LogP contribution in [0.5, 0.6) is 0 Å². The van der Waals surface area contributed by atoms with Crippen molar-refractivity contribution in [2.75, 3.05) is 0 Å². The van der Waals surface area contributed by atoms with Crippen LogP contribution in [0, 0.1) is 23.7 Å². The van der Waals surface area contributed by atoms with Crippen molar-refractivity contribution in [1.82, 2.24) is 0 Å². The lowest BCUT2D eigenvalue weighted by molar-refractivity contribution is 0.319. The molecule has 0 aromatic heterocycles. The Hall–Kier alpha value is -0.520. The van der Waals surface area contributed by atoms with E-state index in [2.05, 4.69) is 39.0 Å². The standard InChI is InChI=1S/C13H20/c1-9(2)12-7-6-11-5-4-10(3)8-13(11)12/h4-5,8-9,11-13H,6-7H2,1-3H3. The van der Waals surface area contributed by atoms with Crippen LogP contribution in [-0.2, 0) is 0 Å². The van der Waals surface area contributed by atoms with Crippen LogP contribution in [-0.4, -0.2) is 0 Å². The van der Waals surface area contributed by atoms with Gasteiger partial charge in [-0.25, -0.2) is 0 Å². The minimum atomic E-state index is 0.852. The molecule has 0 aliphatic heterocycles. The third-order valence-corrected chi connectivity index (χ3v) is 3.74. The fraction of sp³-hybridized carbons (Fsp3) is 0.692. The van der Waals surface area contributed by atoms with E-state index < -0.39 is 0 Å². The van der Waals surface area contributed by atoms with Crippen LogP contribution in [0.3, 0.4) is 0 Å². The first-order valence-corrected chi connectivity index (χ1v) is 5.55. The summed E-state index contributed by atoms with van der Waals surface area (Å²) in [5.41, 5.74) is 1.47. The lowest BCUT2D eigenvalue weighted by atomic mass is 9.79. The van der Waals surface area contributed by atoms with Crippen molar-refractivity contribution in [3.8, 4) is 0 Å². The van der Waals surface area contributed by atoms with Crippen LogP contribution in [0.1, 0.15) is 33.6 Å². The topological polar surface area (TPSA) is 0 Å². The van der Waals surface area contributed by atoms with Crippen molar-refractivity contribution in [2.24, 2.45) is 23.7 Å². The van der Waals surface area contributed by atoms with E-state index in [1.54, 1.807) is 0 Å². The second kappa shape index (κ2) is 3.32. The van der Waals surface area contributed by atoms with Crippen LogP contribution in [0.2, 0.25) is 0 Å². The van der Waals surface area contributed by atoms with Crippen LogP contribution >= 0.6 is 0 Å². The summed E-state index contributed by atoms with van der Waals surface area (Å²) in [7, 11) is 0. The summed E-state index contributed by atoms with van der Waals surface area (Å²) in [4.78, 5) is 0. The van der Waals surface area contributed by atoms with Gasteiger partial charge in [0.05, 0.1) is 0 Å². The molecule has 1 fully saturated rings. The Morgan fingerprint density at radius 2 is 2.08 bits per heavy atom. The summed E-state index contributed by atoms with van der Waals surface area (Å²) >= 11 is 0. The van der Waals surface area contributed by atoms with E-state index >= 15 is 0 Å². The number of hydrogen-bond acceptors (Lipinski definition) is 0. The van der Waals surface area contributed by atoms with Gasteiger partial charge >= 0.3 is 0 Å². The maximum atomic E-state index is 2.50. The Labute approximate surface area is 81.7 Å². The molecule has 2 aliphatic carbocycles. The molecule has 3 atom stereocenters. The second-order valence-electron chi connectivity index (χ2n) is 5.00. The summed E-state index contributed by atoms with van der Waals surface area (Å²) in [6.45, 7) is 6.96. The van der Waals surface area contributed by atoms with Gasteiger partial charge in [-0.3, -0.25) is 0 Å². The third-order valence-electron chi connectivity index (χ3n) is 3.74. The summed E-state index contributed by atoms with van der Waals surface area (Å²) in [5.74, 6) is 3.50. The van der Waals surface area contributed by atoms with Crippen molar-refractivity contribution in [1.29, 1.82) is 0 Å². The van der Waals surface area contributed by atoms with Gasteiger partial charge in [0.1, 0.15) is 0 Å². The van der Waals surface area contributed by atoms with Gasteiger partial charge in [0, 0.05) is 0 Å². The van der Waals surface area contributed by atoms with Gasteiger partial charge < -0.3 is 0 Å². The number of allylic oxidation sites excluding steroid dienone is 4. The first-order chi connectivity index (χ1) is 6.18. The molecule has 0 aromatic carbocycles. The average Bonchev–Trinajstić information content (AvgIpc) is 2.46. The molecule has 13 heavy (non-hydrogen) atoms. The molecule has 72 valence electrons. The van der Waals surface area contributed by atoms with Crippen LogP contribution in [0.15, 0.2) is 23.8 Å². The van der Waals surface area contributed by atoms with E-state index in [9.17, 15) is 0 Å². The zero-order chi connectivity index (χ0) is 9.42. The zero-order valence-electron chi connectivity index (χ0n) is 8.96. The molecule has 2 rings (SSSR count). The SMILES string of the molecule is CC1=CC2C(C=C1)CCC2C(C)C. The normalized spacial score (nSPS) is 37.8. The Morgan fingerprint density at radius 1 is 1.31 bits per heavy atom. The van der Waals surface area contributed by atoms with E-state index in [0.717, 1.165) is 23.7 Å². The van der Waals surface area contributed by atoms with Gasteiger partial charge in [-0.2, -0.15) is 0 Å². The Bertz CT molecular complexity index is 245. The smallest absolute Gasteiger partial charge is 0.0134 e. The fourth-order valence-electron chi connectivity index (χ4n) is 2.97. The van der Waals surface area contributed by atoms with Crippen molar-refractivity contribution in [3.05, 3.63) is 23.8 Å². The third kappa shape index (κ3) is 1.59. The summed E-state index contributed by atoms with van der Waals surface area (Å²) in [6.07, 6.45) is 10.1. The molecule has 0 radical (unpaired) electrons. The molecule has 3 unspecified atom stereocenters. The molecule has 0 aromatic rings. The number of hydrogen-bond donors (Lipinski definition) is 0. The molecule has 0 N–H and O–H groups in total. The van der Waals surface area contributed by atoms with Gasteiger partial charge in [0.25, 0.3) is 0 Å². The molecule has 0 heteroatoms. The first-order valence-electron chi connectivity index (χ1n) is 5.55. The van der Waals surface area contributed by atoms with E-state index in [0.29, 0.717) is 0 Å². The molecule has 0 nitrogen and oxygen atoms in total. The van der Waals surface area contributed by atoms with Crippen molar-refractivity contribution in [2.45, 2.75) is 33.6 Å². The summed E-state index contributed by atoms with van der Waals surface area (Å²) < 4.78 is 0. The highest BCUT2D eigenvalue weighted by atomic mass is 14.4. The van der Waals surface area contributed by atoms with Gasteiger partial charge in [-0.15, -0.1) is 0 Å². The molecule has 0 saturated heterocycles. The van der Waals surface area contributed by atoms with Gasteiger partial charge in [-0.05, 0) is 43.4 Å². The molecule has 0 bridgehead atoms. The Kier molecular flexibility index (Phi) is 2.31. The van der Waals surface area contributed by atoms with Gasteiger partial charge in [0.2, 0.25) is 0 Å². The average molecular weight is 176 g/mol. The fourth-order valence-corrected chi connectivity index (χ4v) is 2.97. The predicted molar refractivity (Wildman–Crippen MR) is 57.4 cm³/mol. The van der Waals surface area contributed by atoms with E-state index in [4.69, 9.17) is 0 Å². The minimum Gasteiger partial charge on any atom is -0.0806 e. The largest absolute Gasteiger partial charge is 0.0806 e. The molecular formula is C13H20. The lowest BCUT2D eigenvalue weighted by Crippen LogP contribution is -2.18. The number of fused-ring (bicyclic) bond motifs is 1. The lowest BCUT2D eigenvalue weighted by Gasteiger charge is -2.25. The summed E-state index contributed by atoms with van der Waals surface area (Å²) in [6, 6.07) is 0. The van der Waals surface area contributed by atoms with Crippen LogP contribution in [0.4, 0.5) is 0 Å². The maximum absolute atomic E-state index is 2.50. The highest BCUT2D eigenvalue weighted by Crippen LogP contribution is 2.44. The molecule has 2 aliphatic rings. The Balaban J connectivity index is 2.18. The molecule has 1 saturated carbocycles. The zero-order valence-corrected chi connectivity index (χ0v) is 8.96. The quantitative estimate of drug-likeness (QED) is 0.570. The Morgan fingerprint density at radius 3 is 2.77 bits per heavy atom. The number of rotatable bonds is 1. The first kappa shape index (κ1) is 9.05. The van der Waals surface area contributed by atoms with E-state index in [1.807, 2.05) is 0 Å². The van der Waals surface area contributed by atoms with Crippen LogP contribution < -0.4 is 0 Å². The minimum absolute atomic E-state index is 0.852. The van der Waals surface area contributed by atoms with Gasteiger partial charge in [0.15, 0.2) is 0 Å². The monoisotopic (exact) mass is 176 g/mol. The predicted octanol–water partition coefficient (Wildman–Crippen LogP) is 3.80. The molecule has 0 amide bonds. The molecular weight excluding hydrogens is 156 g/mol. The molecule has 0 heterocycles. The highest BCUT2D eigenvalue weighted by molar-refractivity contribution is 5.25.